The van der Waals surface area contributed by atoms with E-state index in [0.717, 1.165) is 30.7 Å². The number of ether oxygens (including phenoxy) is 2. The maximum absolute atomic E-state index is 6.41. The fourth-order valence-electron chi connectivity index (χ4n) is 2.73. The van der Waals surface area contributed by atoms with Crippen LogP contribution in [0.2, 0.25) is 5.02 Å². The van der Waals surface area contributed by atoms with Gasteiger partial charge in [0.15, 0.2) is 17.3 Å². The molecule has 0 unspecified atom stereocenters. The van der Waals surface area contributed by atoms with E-state index in [4.69, 9.17) is 33.3 Å². The topological polar surface area (TPSA) is 64.4 Å². The van der Waals surface area contributed by atoms with E-state index in [1.807, 2.05) is 19.9 Å². The Morgan fingerprint density at radius 1 is 1.26 bits per heavy atom. The van der Waals surface area contributed by atoms with Gasteiger partial charge in [0.05, 0.1) is 24.5 Å². The number of nitrogens with zero attached hydrogens (tertiary/aromatic N) is 3. The Balaban J connectivity index is 2.37. The highest BCUT2D eigenvalue weighted by Crippen LogP contribution is 2.36. The Kier molecular flexibility index (Phi) is 8.31. The average molecular weight is 411 g/mol. The zero-order valence-electron chi connectivity index (χ0n) is 16.3. The van der Waals surface area contributed by atoms with E-state index < -0.39 is 0 Å². The lowest BCUT2D eigenvalue weighted by atomic mass is 10.0. The normalized spacial score (nSPS) is 11.5. The van der Waals surface area contributed by atoms with Crippen LogP contribution in [0.15, 0.2) is 17.2 Å². The van der Waals surface area contributed by atoms with Crippen LogP contribution in [-0.2, 0) is 0 Å². The number of aromatic amines is 1. The van der Waals surface area contributed by atoms with E-state index in [9.17, 15) is 0 Å². The minimum Gasteiger partial charge on any atom is -0.490 e. The molecule has 0 saturated heterocycles. The van der Waals surface area contributed by atoms with Gasteiger partial charge in [0.1, 0.15) is 0 Å². The monoisotopic (exact) mass is 410 g/mol. The van der Waals surface area contributed by atoms with Crippen molar-refractivity contribution in [2.45, 2.75) is 52.9 Å². The average Bonchev–Trinajstić information content (AvgIpc) is 3.01. The highest BCUT2D eigenvalue weighted by molar-refractivity contribution is 7.71. The summed E-state index contributed by atoms with van der Waals surface area (Å²) in [5.41, 5.74) is 0.797. The van der Waals surface area contributed by atoms with E-state index in [-0.39, 0.29) is 0 Å². The number of hydrogen-bond donors (Lipinski definition) is 1. The third kappa shape index (κ3) is 5.32. The standard InChI is InChI=1S/C19H27ClN4O2S/c1-5-9-26-17-15(20)10-13(11-16(17)25-8-4)12-21-24-18(14(6-2)7-3)22-23-19(24)27/h10-12,14H,5-9H2,1-4H3,(H,23,27)/b21-12-. The van der Waals surface area contributed by atoms with Crippen molar-refractivity contribution in [2.75, 3.05) is 13.2 Å². The van der Waals surface area contributed by atoms with E-state index >= 15 is 0 Å². The Hall–Kier alpha value is -1.86. The second-order valence-electron chi connectivity index (χ2n) is 6.07. The van der Waals surface area contributed by atoms with Gasteiger partial charge in [-0.25, -0.2) is 0 Å². The molecule has 27 heavy (non-hydrogen) atoms. The molecule has 2 rings (SSSR count). The first-order chi connectivity index (χ1) is 13.0. The minimum absolute atomic E-state index is 0.294. The number of H-pyrrole nitrogens is 1. The first kappa shape index (κ1) is 21.4. The number of halogens is 1. The summed E-state index contributed by atoms with van der Waals surface area (Å²) in [6.07, 6.45) is 4.53. The summed E-state index contributed by atoms with van der Waals surface area (Å²) < 4.78 is 13.6. The molecule has 1 N–H and O–H groups in total. The van der Waals surface area contributed by atoms with Crippen LogP contribution in [0.25, 0.3) is 0 Å². The first-order valence-corrected chi connectivity index (χ1v) is 10.1. The van der Waals surface area contributed by atoms with Gasteiger partial charge < -0.3 is 9.47 Å². The van der Waals surface area contributed by atoms with Gasteiger partial charge in [-0.3, -0.25) is 5.10 Å². The lowest BCUT2D eigenvalue weighted by Gasteiger charge is -2.14. The van der Waals surface area contributed by atoms with Crippen molar-refractivity contribution < 1.29 is 9.47 Å². The Bertz CT molecular complexity index is 828. The summed E-state index contributed by atoms with van der Waals surface area (Å²) >= 11 is 11.7. The predicted octanol–water partition coefficient (Wildman–Crippen LogP) is 5.57. The molecule has 6 nitrogen and oxygen atoms in total. The summed E-state index contributed by atoms with van der Waals surface area (Å²) in [6.45, 7) is 9.32. The first-order valence-electron chi connectivity index (χ1n) is 9.36. The van der Waals surface area contributed by atoms with Gasteiger partial charge in [-0.15, -0.1) is 0 Å². The molecular weight excluding hydrogens is 384 g/mol. The van der Waals surface area contributed by atoms with Gasteiger partial charge in [0.2, 0.25) is 4.77 Å². The van der Waals surface area contributed by atoms with E-state index in [0.29, 0.717) is 40.4 Å². The Morgan fingerprint density at radius 3 is 2.63 bits per heavy atom. The van der Waals surface area contributed by atoms with Gasteiger partial charge >= 0.3 is 0 Å². The van der Waals surface area contributed by atoms with Crippen molar-refractivity contribution in [3.63, 3.8) is 0 Å². The van der Waals surface area contributed by atoms with Crippen LogP contribution in [0.1, 0.15) is 64.3 Å². The fraction of sp³-hybridized carbons (Fsp3) is 0.526. The molecule has 0 aliphatic carbocycles. The van der Waals surface area contributed by atoms with Crippen LogP contribution < -0.4 is 9.47 Å². The summed E-state index contributed by atoms with van der Waals surface area (Å²) in [7, 11) is 0. The highest BCUT2D eigenvalue weighted by atomic mass is 35.5. The zero-order valence-corrected chi connectivity index (χ0v) is 17.9. The summed E-state index contributed by atoms with van der Waals surface area (Å²) in [6, 6.07) is 3.67. The smallest absolute Gasteiger partial charge is 0.216 e. The molecule has 1 aromatic carbocycles. The molecule has 148 valence electrons. The van der Waals surface area contributed by atoms with E-state index in [2.05, 4.69) is 29.1 Å². The predicted molar refractivity (Wildman–Crippen MR) is 112 cm³/mol. The Morgan fingerprint density at radius 2 is 2.00 bits per heavy atom. The quantitative estimate of drug-likeness (QED) is 0.411. The molecular formula is C19H27ClN4O2S. The maximum Gasteiger partial charge on any atom is 0.216 e. The van der Waals surface area contributed by atoms with Crippen molar-refractivity contribution in [3.8, 4) is 11.5 Å². The molecule has 0 aliphatic heterocycles. The van der Waals surface area contributed by atoms with E-state index in [1.165, 1.54) is 0 Å². The molecule has 0 bridgehead atoms. The summed E-state index contributed by atoms with van der Waals surface area (Å²) in [5.74, 6) is 2.30. The minimum atomic E-state index is 0.294. The summed E-state index contributed by atoms with van der Waals surface area (Å²) in [4.78, 5) is 0. The SMILES string of the molecule is CCCOc1c(Cl)cc(/C=N\n2c(C(CC)CC)n[nH]c2=S)cc1OCC. The molecule has 0 spiro atoms. The second kappa shape index (κ2) is 10.5. The van der Waals surface area contributed by atoms with Crippen LogP contribution in [0.5, 0.6) is 11.5 Å². The highest BCUT2D eigenvalue weighted by Gasteiger charge is 2.15. The van der Waals surface area contributed by atoms with Gasteiger partial charge in [-0.1, -0.05) is 32.4 Å². The van der Waals surface area contributed by atoms with Crippen LogP contribution >= 0.6 is 23.8 Å². The molecule has 1 aromatic heterocycles. The second-order valence-corrected chi connectivity index (χ2v) is 6.86. The molecule has 8 heteroatoms. The molecule has 0 saturated carbocycles. The van der Waals surface area contributed by atoms with Crippen molar-refractivity contribution in [2.24, 2.45) is 5.10 Å². The zero-order chi connectivity index (χ0) is 19.8. The van der Waals surface area contributed by atoms with Crippen LogP contribution in [0.4, 0.5) is 0 Å². The fourth-order valence-corrected chi connectivity index (χ4v) is 3.19. The van der Waals surface area contributed by atoms with Crippen LogP contribution in [-0.4, -0.2) is 34.3 Å². The van der Waals surface area contributed by atoms with Crippen LogP contribution in [0.3, 0.4) is 0 Å². The van der Waals surface area contributed by atoms with Gasteiger partial charge in [0, 0.05) is 5.92 Å². The number of nitrogens with one attached hydrogen (secondary N) is 1. The van der Waals surface area contributed by atoms with Crippen molar-refractivity contribution in [1.82, 2.24) is 14.9 Å². The van der Waals surface area contributed by atoms with Gasteiger partial charge in [0.25, 0.3) is 0 Å². The molecule has 0 radical (unpaired) electrons. The molecule has 2 aromatic rings. The molecule has 1 heterocycles. The molecule has 0 fully saturated rings. The third-order valence-electron chi connectivity index (χ3n) is 4.13. The van der Waals surface area contributed by atoms with Crippen molar-refractivity contribution in [3.05, 3.63) is 33.3 Å². The van der Waals surface area contributed by atoms with E-state index in [1.54, 1.807) is 17.0 Å². The molecule has 0 atom stereocenters. The van der Waals surface area contributed by atoms with Gasteiger partial charge in [-0.05, 0) is 56.1 Å². The third-order valence-corrected chi connectivity index (χ3v) is 4.68. The lowest BCUT2D eigenvalue weighted by molar-refractivity contribution is 0.277. The largest absolute Gasteiger partial charge is 0.490 e. The van der Waals surface area contributed by atoms with Crippen LogP contribution in [0, 0.1) is 4.77 Å². The number of benzene rings is 1. The van der Waals surface area contributed by atoms with Crippen molar-refractivity contribution in [1.29, 1.82) is 0 Å². The molecule has 0 amide bonds. The number of aromatic nitrogens is 3. The lowest BCUT2D eigenvalue weighted by Crippen LogP contribution is -2.05. The molecule has 0 aliphatic rings. The Labute approximate surface area is 170 Å². The number of hydrogen-bond acceptors (Lipinski definition) is 5. The number of rotatable bonds is 10. The maximum atomic E-state index is 6.41. The van der Waals surface area contributed by atoms with Crippen molar-refractivity contribution >= 4 is 30.0 Å². The summed E-state index contributed by atoms with van der Waals surface area (Å²) in [5, 5.41) is 12.2. The van der Waals surface area contributed by atoms with Gasteiger partial charge in [-0.2, -0.15) is 14.9 Å².